The summed E-state index contributed by atoms with van der Waals surface area (Å²) in [4.78, 5) is 13.3. The second-order valence-corrected chi connectivity index (χ2v) is 7.37. The number of H-pyrrole nitrogens is 1. The van der Waals surface area contributed by atoms with Crippen molar-refractivity contribution in [2.24, 2.45) is 5.92 Å². The second kappa shape index (κ2) is 8.04. The molecule has 0 radical (unpaired) electrons. The number of thiophene rings is 1. The molecule has 3 rings (SSSR count). The van der Waals surface area contributed by atoms with E-state index in [1.165, 1.54) is 0 Å². The highest BCUT2D eigenvalue weighted by molar-refractivity contribution is 7.71. The summed E-state index contributed by atoms with van der Waals surface area (Å²) < 4.78 is 7.81. The molecule has 24 heavy (non-hydrogen) atoms. The van der Waals surface area contributed by atoms with Crippen molar-refractivity contribution in [3.05, 3.63) is 22.3 Å². The van der Waals surface area contributed by atoms with Gasteiger partial charge in [0.05, 0.1) is 4.88 Å². The van der Waals surface area contributed by atoms with Crippen molar-refractivity contribution >= 4 is 29.5 Å². The average Bonchev–Trinajstić information content (AvgIpc) is 3.23. The zero-order valence-electron chi connectivity index (χ0n) is 13.7. The van der Waals surface area contributed by atoms with Gasteiger partial charge in [-0.25, -0.2) is 0 Å². The van der Waals surface area contributed by atoms with Crippen LogP contribution < -0.4 is 5.32 Å². The van der Waals surface area contributed by atoms with Crippen molar-refractivity contribution in [2.45, 2.75) is 38.8 Å². The zero-order valence-corrected chi connectivity index (χ0v) is 15.3. The maximum absolute atomic E-state index is 12.3. The second-order valence-electron chi connectivity index (χ2n) is 6.04. The summed E-state index contributed by atoms with van der Waals surface area (Å²) in [5.74, 6) is 1.34. The van der Waals surface area contributed by atoms with Gasteiger partial charge in [0.15, 0.2) is 10.6 Å². The van der Waals surface area contributed by atoms with Gasteiger partial charge in [0.1, 0.15) is 0 Å². The number of carbonyl (C=O) groups excluding carboxylic acids is 1. The van der Waals surface area contributed by atoms with E-state index in [0.29, 0.717) is 23.7 Å². The van der Waals surface area contributed by atoms with E-state index in [2.05, 4.69) is 22.4 Å². The Balaban J connectivity index is 1.57. The first-order valence-corrected chi connectivity index (χ1v) is 9.50. The summed E-state index contributed by atoms with van der Waals surface area (Å²) >= 11 is 6.90. The predicted octanol–water partition coefficient (Wildman–Crippen LogP) is 2.99. The molecule has 130 valence electrons. The Kier molecular flexibility index (Phi) is 5.80. The molecule has 1 aliphatic rings. The number of nitrogens with one attached hydrogen (secondary N) is 2. The van der Waals surface area contributed by atoms with E-state index in [1.54, 1.807) is 11.3 Å². The van der Waals surface area contributed by atoms with Gasteiger partial charge in [-0.1, -0.05) is 6.07 Å². The van der Waals surface area contributed by atoms with Crippen LogP contribution >= 0.6 is 23.6 Å². The fraction of sp³-hybridized carbons (Fsp3) is 0.562. The summed E-state index contributed by atoms with van der Waals surface area (Å²) in [7, 11) is 0. The van der Waals surface area contributed by atoms with Crippen LogP contribution in [0.2, 0.25) is 0 Å². The van der Waals surface area contributed by atoms with Gasteiger partial charge in [0.2, 0.25) is 5.91 Å². The highest BCUT2D eigenvalue weighted by atomic mass is 32.1. The molecule has 2 N–H and O–H groups in total. The van der Waals surface area contributed by atoms with Gasteiger partial charge in [0, 0.05) is 32.2 Å². The van der Waals surface area contributed by atoms with E-state index in [-0.39, 0.29) is 11.9 Å². The Hall–Kier alpha value is -1.51. The van der Waals surface area contributed by atoms with E-state index in [4.69, 9.17) is 17.0 Å². The van der Waals surface area contributed by atoms with Crippen LogP contribution in [0.15, 0.2) is 17.5 Å². The number of rotatable bonds is 6. The highest BCUT2D eigenvalue weighted by Crippen LogP contribution is 2.23. The van der Waals surface area contributed by atoms with Crippen LogP contribution in [-0.4, -0.2) is 39.9 Å². The van der Waals surface area contributed by atoms with Gasteiger partial charge in [-0.2, -0.15) is 5.10 Å². The maximum Gasteiger partial charge on any atom is 0.222 e. The largest absolute Gasteiger partial charge is 0.381 e. The summed E-state index contributed by atoms with van der Waals surface area (Å²) in [5, 5.41) is 12.2. The number of hydrogen-bond acceptors (Lipinski definition) is 5. The Morgan fingerprint density at radius 1 is 1.58 bits per heavy atom. The first-order chi connectivity index (χ1) is 11.6. The first-order valence-electron chi connectivity index (χ1n) is 8.21. The summed E-state index contributed by atoms with van der Waals surface area (Å²) in [6.07, 6.45) is 2.41. The van der Waals surface area contributed by atoms with Crippen molar-refractivity contribution in [3.8, 4) is 10.7 Å². The Bertz CT molecular complexity index is 717. The Morgan fingerprint density at radius 3 is 3.08 bits per heavy atom. The van der Waals surface area contributed by atoms with Crippen LogP contribution in [0.25, 0.3) is 10.7 Å². The van der Waals surface area contributed by atoms with E-state index in [9.17, 15) is 4.79 Å². The van der Waals surface area contributed by atoms with Crippen LogP contribution in [-0.2, 0) is 16.1 Å². The van der Waals surface area contributed by atoms with Crippen LogP contribution in [0.1, 0.15) is 26.2 Å². The Morgan fingerprint density at radius 2 is 2.38 bits per heavy atom. The smallest absolute Gasteiger partial charge is 0.222 e. The lowest BCUT2D eigenvalue weighted by atomic mass is 9.93. The van der Waals surface area contributed by atoms with Crippen LogP contribution in [0, 0.1) is 10.7 Å². The molecule has 0 aliphatic carbocycles. The number of nitrogens with zero attached hydrogens (tertiary/aromatic N) is 2. The zero-order chi connectivity index (χ0) is 16.9. The van der Waals surface area contributed by atoms with Crippen molar-refractivity contribution in [2.75, 3.05) is 13.2 Å². The van der Waals surface area contributed by atoms with Crippen LogP contribution in [0.3, 0.4) is 0 Å². The molecule has 0 saturated carbocycles. The average molecular weight is 367 g/mol. The number of amides is 1. The minimum atomic E-state index is 0.0502. The molecular formula is C16H22N4O2S2. The lowest BCUT2D eigenvalue weighted by Gasteiger charge is -2.28. The maximum atomic E-state index is 12.3. The molecule has 1 saturated heterocycles. The lowest BCUT2D eigenvalue weighted by Crippen LogP contribution is -2.40. The molecule has 1 fully saturated rings. The molecule has 1 amide bonds. The molecule has 2 aromatic rings. The molecule has 1 atom stereocenters. The monoisotopic (exact) mass is 366 g/mol. The van der Waals surface area contributed by atoms with Crippen molar-refractivity contribution in [3.63, 3.8) is 0 Å². The molecule has 3 heterocycles. The molecule has 1 aliphatic heterocycles. The minimum absolute atomic E-state index is 0.0502. The van der Waals surface area contributed by atoms with E-state index in [1.807, 2.05) is 22.1 Å². The van der Waals surface area contributed by atoms with Crippen molar-refractivity contribution < 1.29 is 9.53 Å². The normalized spacial score (nSPS) is 16.9. The van der Waals surface area contributed by atoms with Gasteiger partial charge in [-0.15, -0.1) is 11.3 Å². The van der Waals surface area contributed by atoms with E-state index >= 15 is 0 Å². The van der Waals surface area contributed by atoms with Gasteiger partial charge in [-0.05, 0) is 49.3 Å². The molecular weight excluding hydrogens is 344 g/mol. The lowest BCUT2D eigenvalue weighted by molar-refractivity contribution is -0.122. The molecule has 6 nitrogen and oxygen atoms in total. The third-order valence-electron chi connectivity index (χ3n) is 4.42. The third-order valence-corrected chi connectivity index (χ3v) is 5.60. The number of aromatic nitrogens is 3. The minimum Gasteiger partial charge on any atom is -0.381 e. The third kappa shape index (κ3) is 4.12. The van der Waals surface area contributed by atoms with Crippen LogP contribution in [0.5, 0.6) is 0 Å². The Labute approximate surface area is 150 Å². The predicted molar refractivity (Wildman–Crippen MR) is 96.5 cm³/mol. The van der Waals surface area contributed by atoms with Gasteiger partial charge in [0.25, 0.3) is 0 Å². The number of carbonyl (C=O) groups is 1. The van der Waals surface area contributed by atoms with Gasteiger partial charge in [-0.3, -0.25) is 14.5 Å². The molecule has 1 unspecified atom stereocenters. The summed E-state index contributed by atoms with van der Waals surface area (Å²) in [6.45, 7) is 4.18. The molecule has 2 aromatic heterocycles. The first kappa shape index (κ1) is 17.3. The van der Waals surface area contributed by atoms with Gasteiger partial charge >= 0.3 is 0 Å². The molecule has 8 heteroatoms. The van der Waals surface area contributed by atoms with E-state index < -0.39 is 0 Å². The number of aromatic amines is 1. The SMILES string of the molecule is CC(NC(=O)CCn1c(-c2cccs2)n[nH]c1=S)C1CCOCC1. The van der Waals surface area contributed by atoms with Crippen molar-refractivity contribution in [1.29, 1.82) is 0 Å². The van der Waals surface area contributed by atoms with Gasteiger partial charge < -0.3 is 10.1 Å². The quantitative estimate of drug-likeness (QED) is 0.771. The fourth-order valence-corrected chi connectivity index (χ4v) is 3.94. The molecule has 0 bridgehead atoms. The van der Waals surface area contributed by atoms with E-state index in [0.717, 1.165) is 36.8 Å². The standard InChI is InChI=1S/C16H22N4O2S2/c1-11(12-5-8-22-9-6-12)17-14(21)4-7-20-15(18-19-16(20)23)13-3-2-10-24-13/h2-3,10-12H,4-9H2,1H3,(H,17,21)(H,19,23). The number of ether oxygens (including phenoxy) is 1. The highest BCUT2D eigenvalue weighted by Gasteiger charge is 2.22. The molecule has 0 spiro atoms. The summed E-state index contributed by atoms with van der Waals surface area (Å²) in [5.41, 5.74) is 0. The number of hydrogen-bond donors (Lipinski definition) is 2. The molecule has 0 aromatic carbocycles. The fourth-order valence-electron chi connectivity index (χ4n) is 2.99. The topological polar surface area (TPSA) is 71.9 Å². The summed E-state index contributed by atoms with van der Waals surface area (Å²) in [6, 6.07) is 4.15. The van der Waals surface area contributed by atoms with Crippen LogP contribution in [0.4, 0.5) is 0 Å². The van der Waals surface area contributed by atoms with Crippen molar-refractivity contribution in [1.82, 2.24) is 20.1 Å².